The van der Waals surface area contributed by atoms with Crippen molar-refractivity contribution in [1.82, 2.24) is 15.0 Å². The number of anilines is 3. The maximum absolute atomic E-state index is 9.64. The number of nitrogens with zero attached hydrogens (tertiary/aromatic N) is 3. The average molecular weight is 433 g/mol. The van der Waals surface area contributed by atoms with Gasteiger partial charge in [-0.05, 0) is 36.2 Å². The van der Waals surface area contributed by atoms with Gasteiger partial charge >= 0.3 is 0 Å². The first-order valence-corrected chi connectivity index (χ1v) is 9.86. The lowest BCUT2D eigenvalue weighted by Gasteiger charge is -2.21. The second-order valence-electron chi connectivity index (χ2n) is 6.76. The Kier molecular flexibility index (Phi) is 7.09. The lowest BCUT2D eigenvalue weighted by Crippen LogP contribution is -2.30. The van der Waals surface area contributed by atoms with Gasteiger partial charge in [0, 0.05) is 29.0 Å². The summed E-state index contributed by atoms with van der Waals surface area (Å²) in [5.74, 6) is 1.12. The SMILES string of the molecule is CC(C)[C@@H](CO)Nc1nc(NNc2ccc(Cl)cc2Cl)cc(-c2cccnc2)n1. The number of halogens is 2. The Morgan fingerprint density at radius 1 is 1.07 bits per heavy atom. The van der Waals surface area contributed by atoms with Gasteiger partial charge in [0.15, 0.2) is 5.82 Å². The van der Waals surface area contributed by atoms with Gasteiger partial charge < -0.3 is 10.4 Å². The van der Waals surface area contributed by atoms with E-state index in [1.807, 2.05) is 26.0 Å². The van der Waals surface area contributed by atoms with Crippen LogP contribution in [0.2, 0.25) is 10.0 Å². The van der Waals surface area contributed by atoms with Crippen LogP contribution in [0.4, 0.5) is 17.5 Å². The molecule has 0 aliphatic rings. The molecule has 0 aliphatic carbocycles. The summed E-state index contributed by atoms with van der Waals surface area (Å²) in [5.41, 5.74) is 8.25. The van der Waals surface area contributed by atoms with E-state index in [-0.39, 0.29) is 18.6 Å². The van der Waals surface area contributed by atoms with Crippen LogP contribution in [0, 0.1) is 5.92 Å². The number of hydrogen-bond donors (Lipinski definition) is 4. The highest BCUT2D eigenvalue weighted by Crippen LogP contribution is 2.26. The third kappa shape index (κ3) is 5.69. The molecule has 0 radical (unpaired) electrons. The number of aliphatic hydroxyl groups excluding tert-OH is 1. The normalized spacial score (nSPS) is 11.9. The topological polar surface area (TPSA) is 95.0 Å². The van der Waals surface area contributed by atoms with Gasteiger partial charge in [-0.25, -0.2) is 4.98 Å². The molecule has 0 fully saturated rings. The van der Waals surface area contributed by atoms with Crippen molar-refractivity contribution in [2.24, 2.45) is 5.92 Å². The monoisotopic (exact) mass is 432 g/mol. The van der Waals surface area contributed by atoms with Crippen LogP contribution in [0.25, 0.3) is 11.3 Å². The van der Waals surface area contributed by atoms with E-state index in [0.29, 0.717) is 33.2 Å². The molecule has 4 N–H and O–H groups in total. The molecular weight excluding hydrogens is 411 g/mol. The van der Waals surface area contributed by atoms with E-state index < -0.39 is 0 Å². The number of hydrogen-bond acceptors (Lipinski definition) is 7. The van der Waals surface area contributed by atoms with Crippen LogP contribution in [-0.4, -0.2) is 32.7 Å². The Bertz CT molecular complexity index is 955. The molecule has 0 unspecified atom stereocenters. The van der Waals surface area contributed by atoms with Crippen molar-refractivity contribution in [2.75, 3.05) is 22.8 Å². The van der Waals surface area contributed by atoms with Gasteiger partial charge in [-0.2, -0.15) is 4.98 Å². The maximum Gasteiger partial charge on any atom is 0.225 e. The molecule has 0 spiro atoms. The van der Waals surface area contributed by atoms with E-state index in [1.54, 1.807) is 36.7 Å². The van der Waals surface area contributed by atoms with Crippen LogP contribution in [0.15, 0.2) is 48.8 Å². The summed E-state index contributed by atoms with van der Waals surface area (Å²) in [6, 6.07) is 10.5. The summed E-state index contributed by atoms with van der Waals surface area (Å²) in [6.07, 6.45) is 3.43. The van der Waals surface area contributed by atoms with E-state index in [0.717, 1.165) is 5.56 Å². The molecule has 0 bridgehead atoms. The molecule has 152 valence electrons. The van der Waals surface area contributed by atoms with Gasteiger partial charge in [-0.15, -0.1) is 0 Å². The first-order valence-electron chi connectivity index (χ1n) is 9.10. The van der Waals surface area contributed by atoms with Crippen LogP contribution in [-0.2, 0) is 0 Å². The van der Waals surface area contributed by atoms with Crippen LogP contribution in [0.3, 0.4) is 0 Å². The molecule has 3 aromatic rings. The number of pyridine rings is 1. The molecule has 0 saturated heterocycles. The average Bonchev–Trinajstić information content (AvgIpc) is 2.71. The molecule has 2 aromatic heterocycles. The lowest BCUT2D eigenvalue weighted by molar-refractivity contribution is 0.248. The number of aliphatic hydroxyl groups is 1. The zero-order chi connectivity index (χ0) is 20.8. The fourth-order valence-corrected chi connectivity index (χ4v) is 3.00. The van der Waals surface area contributed by atoms with E-state index >= 15 is 0 Å². The second kappa shape index (κ2) is 9.73. The van der Waals surface area contributed by atoms with Gasteiger partial charge in [0.25, 0.3) is 0 Å². The number of benzene rings is 1. The highest BCUT2D eigenvalue weighted by atomic mass is 35.5. The minimum absolute atomic E-state index is 0.0282. The van der Waals surface area contributed by atoms with Crippen LogP contribution in [0.5, 0.6) is 0 Å². The maximum atomic E-state index is 9.64. The van der Waals surface area contributed by atoms with Crippen molar-refractivity contribution in [1.29, 1.82) is 0 Å². The van der Waals surface area contributed by atoms with Crippen molar-refractivity contribution >= 4 is 40.7 Å². The summed E-state index contributed by atoms with van der Waals surface area (Å²) in [6.45, 7) is 4.00. The predicted molar refractivity (Wildman–Crippen MR) is 118 cm³/mol. The zero-order valence-corrected chi connectivity index (χ0v) is 17.5. The molecule has 1 aromatic carbocycles. The molecule has 7 nitrogen and oxygen atoms in total. The van der Waals surface area contributed by atoms with E-state index in [1.165, 1.54) is 0 Å². The van der Waals surface area contributed by atoms with Crippen LogP contribution < -0.4 is 16.2 Å². The van der Waals surface area contributed by atoms with E-state index in [2.05, 4.69) is 31.1 Å². The van der Waals surface area contributed by atoms with Crippen LogP contribution >= 0.6 is 23.2 Å². The van der Waals surface area contributed by atoms with Gasteiger partial charge in [0.05, 0.1) is 29.1 Å². The Labute approximate surface area is 179 Å². The number of hydrazine groups is 1. The van der Waals surface area contributed by atoms with Crippen molar-refractivity contribution < 1.29 is 5.11 Å². The van der Waals surface area contributed by atoms with E-state index in [4.69, 9.17) is 23.2 Å². The molecular formula is C20H22Cl2N6O. The minimum atomic E-state index is -0.175. The standard InChI is InChI=1S/C20H22Cl2N6O/c1-12(2)18(11-29)25-20-24-17(13-4-3-7-23-10-13)9-19(26-20)28-27-16-6-5-14(21)8-15(16)22/h3-10,12,18,27,29H,11H2,1-2H3,(H2,24,25,26,28)/t18-/m1/s1. The molecule has 1 atom stereocenters. The van der Waals surface area contributed by atoms with Gasteiger partial charge in [-0.3, -0.25) is 15.8 Å². The Morgan fingerprint density at radius 2 is 1.90 bits per heavy atom. The summed E-state index contributed by atoms with van der Waals surface area (Å²) in [7, 11) is 0. The van der Waals surface area contributed by atoms with Gasteiger partial charge in [0.1, 0.15) is 0 Å². The lowest BCUT2D eigenvalue weighted by atomic mass is 10.1. The van der Waals surface area contributed by atoms with Gasteiger partial charge in [0.2, 0.25) is 5.95 Å². The Hall–Kier alpha value is -2.61. The van der Waals surface area contributed by atoms with Crippen molar-refractivity contribution in [3.05, 3.63) is 58.8 Å². The third-order valence-electron chi connectivity index (χ3n) is 4.26. The molecule has 2 heterocycles. The first-order chi connectivity index (χ1) is 14.0. The molecule has 0 amide bonds. The second-order valence-corrected chi connectivity index (χ2v) is 7.60. The highest BCUT2D eigenvalue weighted by Gasteiger charge is 2.15. The molecule has 29 heavy (non-hydrogen) atoms. The smallest absolute Gasteiger partial charge is 0.225 e. The predicted octanol–water partition coefficient (Wildman–Crippen LogP) is 4.71. The largest absolute Gasteiger partial charge is 0.394 e. The Morgan fingerprint density at radius 3 is 2.55 bits per heavy atom. The summed E-state index contributed by atoms with van der Waals surface area (Å²) in [4.78, 5) is 13.2. The fraction of sp³-hybridized carbons (Fsp3) is 0.250. The van der Waals surface area contributed by atoms with E-state index in [9.17, 15) is 5.11 Å². The third-order valence-corrected chi connectivity index (χ3v) is 4.80. The van der Waals surface area contributed by atoms with Gasteiger partial charge in [-0.1, -0.05) is 37.0 Å². The first kappa shape index (κ1) is 21.1. The summed E-state index contributed by atoms with van der Waals surface area (Å²) < 4.78 is 0. The molecule has 9 heteroatoms. The van der Waals surface area contributed by atoms with Crippen molar-refractivity contribution in [3.63, 3.8) is 0 Å². The van der Waals surface area contributed by atoms with Crippen molar-refractivity contribution in [2.45, 2.75) is 19.9 Å². The quantitative estimate of drug-likeness (QED) is 0.382. The number of aromatic nitrogens is 3. The minimum Gasteiger partial charge on any atom is -0.394 e. The Balaban J connectivity index is 1.89. The molecule has 0 saturated carbocycles. The van der Waals surface area contributed by atoms with Crippen LogP contribution in [0.1, 0.15) is 13.8 Å². The summed E-state index contributed by atoms with van der Waals surface area (Å²) >= 11 is 12.2. The molecule has 3 rings (SSSR count). The summed E-state index contributed by atoms with van der Waals surface area (Å²) in [5, 5.41) is 13.9. The zero-order valence-electron chi connectivity index (χ0n) is 16.0. The number of nitrogens with one attached hydrogen (secondary N) is 3. The fourth-order valence-electron chi connectivity index (χ4n) is 2.55. The molecule has 0 aliphatic heterocycles. The highest BCUT2D eigenvalue weighted by molar-refractivity contribution is 6.36. The number of rotatable bonds is 8. The van der Waals surface area contributed by atoms with Crippen molar-refractivity contribution in [3.8, 4) is 11.3 Å².